The van der Waals surface area contributed by atoms with Gasteiger partial charge in [0.2, 0.25) is 0 Å². The number of hydrogen-bond acceptors (Lipinski definition) is 3. The Bertz CT molecular complexity index is 643. The van der Waals surface area contributed by atoms with E-state index in [9.17, 15) is 52.3 Å². The van der Waals surface area contributed by atoms with E-state index in [1.807, 2.05) is 0 Å². The minimum absolute atomic E-state index is 0.289. The van der Waals surface area contributed by atoms with Crippen molar-refractivity contribution in [2.24, 2.45) is 0 Å². The second-order valence-electron chi connectivity index (χ2n) is 3.81. The van der Waals surface area contributed by atoms with Crippen LogP contribution in [0.4, 0.5) is 43.9 Å². The topological polar surface area (TPSA) is 67.3 Å². The molecule has 0 amide bonds. The molecule has 1 heterocycles. The Hall–Kier alpha value is -1.64. The molecule has 1 aromatic heterocycles. The standard InChI is InChI=1S/C5H4FN.C4HF9O3S/c6-5-2-1-3-7-4-5;5-1(6,3(9,10)11)2(7,8)4(12,13)17(14,15)16/h1-4H;(H,14,15,16). The van der Waals surface area contributed by atoms with Gasteiger partial charge in [-0.3, -0.25) is 9.54 Å². The Balaban J connectivity index is 0.000000620. The first-order valence-corrected chi connectivity index (χ1v) is 6.56. The highest BCUT2D eigenvalue weighted by Crippen LogP contribution is 2.54. The van der Waals surface area contributed by atoms with Crippen molar-refractivity contribution in [3.05, 3.63) is 30.3 Å². The first-order chi connectivity index (χ1) is 10.4. The predicted molar refractivity (Wildman–Crippen MR) is 56.6 cm³/mol. The molecule has 15 heteroatoms. The van der Waals surface area contributed by atoms with E-state index in [1.165, 1.54) is 18.5 Å². The molecule has 0 spiro atoms. The van der Waals surface area contributed by atoms with Gasteiger partial charge in [-0.2, -0.15) is 47.9 Å². The number of hydrogen-bond donors (Lipinski definition) is 1. The average molecular weight is 397 g/mol. The summed E-state index contributed by atoms with van der Waals surface area (Å²) in [6, 6.07) is 2.91. The van der Waals surface area contributed by atoms with Crippen LogP contribution in [0.15, 0.2) is 24.5 Å². The van der Waals surface area contributed by atoms with E-state index in [2.05, 4.69) is 4.98 Å². The molecule has 0 aliphatic carbocycles. The van der Waals surface area contributed by atoms with E-state index in [0.717, 1.165) is 0 Å². The molecule has 0 saturated heterocycles. The Kier molecular flexibility index (Phi) is 6.24. The number of halogens is 10. The molecule has 0 unspecified atom stereocenters. The average Bonchev–Trinajstić information content (AvgIpc) is 2.37. The summed E-state index contributed by atoms with van der Waals surface area (Å²) >= 11 is 0. The van der Waals surface area contributed by atoms with Gasteiger partial charge < -0.3 is 0 Å². The van der Waals surface area contributed by atoms with Gasteiger partial charge in [0.25, 0.3) is 0 Å². The fourth-order valence-electron chi connectivity index (χ4n) is 0.865. The van der Waals surface area contributed by atoms with Crippen LogP contribution in [0, 0.1) is 5.82 Å². The summed E-state index contributed by atoms with van der Waals surface area (Å²) in [5.41, 5.74) is 0. The molecule has 140 valence electrons. The molecular formula is C9H5F10NO3S. The third-order valence-electron chi connectivity index (χ3n) is 2.07. The highest BCUT2D eigenvalue weighted by atomic mass is 32.2. The van der Waals surface area contributed by atoms with Crippen LogP contribution in [-0.2, 0) is 10.1 Å². The molecule has 0 fully saturated rings. The molecule has 1 aromatic rings. The minimum atomic E-state index is -7.37. The Morgan fingerprint density at radius 1 is 0.917 bits per heavy atom. The summed E-state index contributed by atoms with van der Waals surface area (Å²) in [6.07, 6.45) is -4.44. The van der Waals surface area contributed by atoms with Gasteiger partial charge in [-0.15, -0.1) is 0 Å². The van der Waals surface area contributed by atoms with E-state index in [0.29, 0.717) is 0 Å². The lowest BCUT2D eigenvalue weighted by atomic mass is 10.1. The van der Waals surface area contributed by atoms with E-state index in [-0.39, 0.29) is 5.82 Å². The van der Waals surface area contributed by atoms with Crippen molar-refractivity contribution >= 4 is 10.1 Å². The molecule has 0 radical (unpaired) electrons. The van der Waals surface area contributed by atoms with Gasteiger partial charge in [-0.1, -0.05) is 0 Å². The molecular weight excluding hydrogens is 392 g/mol. The third kappa shape index (κ3) is 4.25. The molecule has 0 aliphatic rings. The normalized spacial score (nSPS) is 14.0. The van der Waals surface area contributed by atoms with Gasteiger partial charge in [0, 0.05) is 6.20 Å². The van der Waals surface area contributed by atoms with Crippen molar-refractivity contribution in [1.82, 2.24) is 4.98 Å². The number of nitrogens with zero attached hydrogens (tertiary/aromatic N) is 1. The fourth-order valence-corrected chi connectivity index (χ4v) is 1.32. The number of aromatic nitrogens is 1. The maximum absolute atomic E-state index is 12.2. The Morgan fingerprint density at radius 3 is 1.58 bits per heavy atom. The van der Waals surface area contributed by atoms with Gasteiger partial charge in [0.1, 0.15) is 5.82 Å². The Labute approximate surface area is 126 Å². The number of alkyl halides is 9. The van der Waals surface area contributed by atoms with Crippen molar-refractivity contribution in [3.8, 4) is 0 Å². The van der Waals surface area contributed by atoms with Gasteiger partial charge in [0.15, 0.2) is 0 Å². The van der Waals surface area contributed by atoms with Crippen molar-refractivity contribution < 1.29 is 56.9 Å². The first-order valence-electron chi connectivity index (χ1n) is 5.12. The van der Waals surface area contributed by atoms with Crippen LogP contribution >= 0.6 is 0 Å². The quantitative estimate of drug-likeness (QED) is 0.626. The lowest BCUT2D eigenvalue weighted by molar-refractivity contribution is -0.382. The van der Waals surface area contributed by atoms with Crippen LogP contribution in [0.3, 0.4) is 0 Å². The Morgan fingerprint density at radius 2 is 1.38 bits per heavy atom. The largest absolute Gasteiger partial charge is 0.460 e. The third-order valence-corrected chi connectivity index (χ3v) is 2.97. The van der Waals surface area contributed by atoms with E-state index >= 15 is 0 Å². The lowest BCUT2D eigenvalue weighted by Gasteiger charge is -2.31. The van der Waals surface area contributed by atoms with Crippen molar-refractivity contribution in [1.29, 1.82) is 0 Å². The highest BCUT2D eigenvalue weighted by Gasteiger charge is 2.85. The summed E-state index contributed by atoms with van der Waals surface area (Å²) in [5, 5.41) is -7.00. The maximum Gasteiger partial charge on any atom is 0.460 e. The summed E-state index contributed by atoms with van der Waals surface area (Å²) in [6.45, 7) is 0. The maximum atomic E-state index is 12.2. The molecule has 0 aliphatic heterocycles. The van der Waals surface area contributed by atoms with Crippen LogP contribution in [0.25, 0.3) is 0 Å². The van der Waals surface area contributed by atoms with Crippen LogP contribution < -0.4 is 0 Å². The van der Waals surface area contributed by atoms with Gasteiger partial charge in [-0.25, -0.2) is 4.39 Å². The zero-order valence-electron chi connectivity index (χ0n) is 10.7. The molecule has 0 atom stereocenters. The molecule has 0 aromatic carbocycles. The van der Waals surface area contributed by atoms with Gasteiger partial charge >= 0.3 is 33.4 Å². The summed E-state index contributed by atoms with van der Waals surface area (Å²) in [5.74, 6) is -15.0. The molecule has 1 rings (SSSR count). The first kappa shape index (κ1) is 22.4. The monoisotopic (exact) mass is 397 g/mol. The van der Waals surface area contributed by atoms with Gasteiger partial charge in [-0.05, 0) is 12.1 Å². The number of rotatable bonds is 3. The van der Waals surface area contributed by atoms with Crippen molar-refractivity contribution in [3.63, 3.8) is 0 Å². The highest BCUT2D eigenvalue weighted by molar-refractivity contribution is 7.87. The number of pyridine rings is 1. The van der Waals surface area contributed by atoms with E-state index < -0.39 is 33.4 Å². The van der Waals surface area contributed by atoms with Gasteiger partial charge in [0.05, 0.1) is 6.20 Å². The zero-order chi connectivity index (χ0) is 19.6. The zero-order valence-corrected chi connectivity index (χ0v) is 11.5. The second kappa shape index (κ2) is 6.70. The summed E-state index contributed by atoms with van der Waals surface area (Å²) in [4.78, 5) is 3.51. The summed E-state index contributed by atoms with van der Waals surface area (Å²) < 4.78 is 146. The SMILES string of the molecule is Fc1cccnc1.O=S(=O)(O)C(F)(F)C(F)(F)C(F)(F)C(F)(F)F. The second-order valence-corrected chi connectivity index (χ2v) is 5.27. The molecule has 1 N–H and O–H groups in total. The lowest BCUT2D eigenvalue weighted by Crippen LogP contribution is -2.63. The van der Waals surface area contributed by atoms with Crippen LogP contribution in [0.1, 0.15) is 0 Å². The fraction of sp³-hybridized carbons (Fsp3) is 0.444. The van der Waals surface area contributed by atoms with Crippen molar-refractivity contribution in [2.45, 2.75) is 23.3 Å². The molecule has 0 bridgehead atoms. The minimum Gasteiger partial charge on any atom is -0.281 e. The van der Waals surface area contributed by atoms with E-state index in [4.69, 9.17) is 4.55 Å². The van der Waals surface area contributed by atoms with Crippen LogP contribution in [0.5, 0.6) is 0 Å². The smallest absolute Gasteiger partial charge is 0.281 e. The van der Waals surface area contributed by atoms with Crippen LogP contribution in [-0.4, -0.2) is 41.2 Å². The van der Waals surface area contributed by atoms with Crippen molar-refractivity contribution in [2.75, 3.05) is 0 Å². The molecule has 24 heavy (non-hydrogen) atoms. The van der Waals surface area contributed by atoms with E-state index in [1.54, 1.807) is 6.07 Å². The predicted octanol–water partition coefficient (Wildman–Crippen LogP) is 3.52. The molecule has 0 saturated carbocycles. The summed E-state index contributed by atoms with van der Waals surface area (Å²) in [7, 11) is -7.17. The van der Waals surface area contributed by atoms with Crippen LogP contribution in [0.2, 0.25) is 0 Å². The molecule has 4 nitrogen and oxygen atoms in total.